The molecule has 0 radical (unpaired) electrons. The van der Waals surface area contributed by atoms with E-state index >= 15 is 0 Å². The second kappa shape index (κ2) is 11.9. The lowest BCUT2D eigenvalue weighted by atomic mass is 9.89. The summed E-state index contributed by atoms with van der Waals surface area (Å²) in [5.74, 6) is -0.150. The van der Waals surface area contributed by atoms with E-state index in [1.807, 2.05) is 12.1 Å². The van der Waals surface area contributed by atoms with Gasteiger partial charge in [-0.1, -0.05) is 31.4 Å². The van der Waals surface area contributed by atoms with Crippen LogP contribution in [0.25, 0.3) is 6.08 Å². The first-order valence-electron chi connectivity index (χ1n) is 10.0. The van der Waals surface area contributed by atoms with Crippen LogP contribution in [0.15, 0.2) is 30.3 Å². The number of methoxy groups -OCH3 is 1. The van der Waals surface area contributed by atoms with Crippen LogP contribution in [0.4, 0.5) is 0 Å². The van der Waals surface area contributed by atoms with Gasteiger partial charge in [0.1, 0.15) is 11.8 Å². The molecule has 0 bridgehead atoms. The number of esters is 1. The van der Waals surface area contributed by atoms with E-state index in [1.165, 1.54) is 32.3 Å². The maximum atomic E-state index is 12.0. The fourth-order valence-electron chi connectivity index (χ4n) is 3.17. The number of ether oxygens (including phenoxy) is 2. The van der Waals surface area contributed by atoms with Crippen molar-refractivity contribution in [3.05, 3.63) is 35.9 Å². The van der Waals surface area contributed by atoms with Crippen molar-refractivity contribution < 1.29 is 23.9 Å². The number of hydrogen-bond donors (Lipinski definition) is 2. The molecule has 2 N–H and O–H groups in total. The summed E-state index contributed by atoms with van der Waals surface area (Å²) >= 11 is 0. The number of nitrogens with one attached hydrogen (secondary N) is 2. The molecule has 7 nitrogen and oxygen atoms in total. The quantitative estimate of drug-likeness (QED) is 0.489. The average molecular weight is 402 g/mol. The number of amides is 2. The summed E-state index contributed by atoms with van der Waals surface area (Å²) in [5, 5.41) is 5.33. The van der Waals surface area contributed by atoms with E-state index in [0.29, 0.717) is 12.5 Å². The van der Waals surface area contributed by atoms with Gasteiger partial charge in [-0.15, -0.1) is 0 Å². The predicted molar refractivity (Wildman–Crippen MR) is 110 cm³/mol. The Bertz CT molecular complexity index is 708. The average Bonchev–Trinajstić information content (AvgIpc) is 2.75. The molecule has 2 amide bonds. The summed E-state index contributed by atoms with van der Waals surface area (Å²) < 4.78 is 10.1. The van der Waals surface area contributed by atoms with E-state index in [4.69, 9.17) is 9.47 Å². The van der Waals surface area contributed by atoms with E-state index < -0.39 is 17.9 Å². The van der Waals surface area contributed by atoms with Crippen molar-refractivity contribution in [2.45, 2.75) is 45.1 Å². The van der Waals surface area contributed by atoms with Gasteiger partial charge in [-0.3, -0.25) is 9.59 Å². The lowest BCUT2D eigenvalue weighted by Gasteiger charge is -2.21. The maximum Gasteiger partial charge on any atom is 0.328 e. The van der Waals surface area contributed by atoms with Crippen molar-refractivity contribution in [2.24, 2.45) is 5.92 Å². The highest BCUT2D eigenvalue weighted by atomic mass is 16.5. The smallest absolute Gasteiger partial charge is 0.328 e. The van der Waals surface area contributed by atoms with Gasteiger partial charge in [0.2, 0.25) is 5.91 Å². The Morgan fingerprint density at radius 1 is 1.14 bits per heavy atom. The molecule has 0 heterocycles. The second-order valence-corrected chi connectivity index (χ2v) is 7.25. The zero-order valence-corrected chi connectivity index (χ0v) is 17.1. The number of carbonyl (C=O) groups is 3. The molecule has 29 heavy (non-hydrogen) atoms. The SMILES string of the molecule is COc1ccc(/C=C/C(=O)N[C@@H](C)C(=O)OCC(=O)NCC2CCCCC2)cc1. The van der Waals surface area contributed by atoms with E-state index in [1.54, 1.807) is 25.3 Å². The monoisotopic (exact) mass is 402 g/mol. The van der Waals surface area contributed by atoms with E-state index in [2.05, 4.69) is 10.6 Å². The van der Waals surface area contributed by atoms with Gasteiger partial charge in [-0.05, 0) is 49.5 Å². The summed E-state index contributed by atoms with van der Waals surface area (Å²) in [6.07, 6.45) is 8.91. The molecule has 0 saturated heterocycles. The molecule has 1 aliphatic carbocycles. The van der Waals surface area contributed by atoms with Gasteiger partial charge >= 0.3 is 5.97 Å². The number of benzene rings is 1. The first kappa shape index (κ1) is 22.5. The molecule has 0 aliphatic heterocycles. The lowest BCUT2D eigenvalue weighted by Crippen LogP contribution is -2.40. The maximum absolute atomic E-state index is 12.0. The number of carbonyl (C=O) groups excluding carboxylic acids is 3. The highest BCUT2D eigenvalue weighted by Crippen LogP contribution is 2.22. The van der Waals surface area contributed by atoms with Gasteiger partial charge in [0, 0.05) is 12.6 Å². The molecule has 1 aromatic rings. The normalized spacial score (nSPS) is 15.5. The van der Waals surface area contributed by atoms with Crippen LogP contribution in [-0.2, 0) is 19.1 Å². The van der Waals surface area contributed by atoms with Gasteiger partial charge < -0.3 is 20.1 Å². The molecule has 1 fully saturated rings. The summed E-state index contributed by atoms with van der Waals surface area (Å²) in [7, 11) is 1.58. The van der Waals surface area contributed by atoms with Crippen LogP contribution in [-0.4, -0.2) is 44.1 Å². The molecular weight excluding hydrogens is 372 g/mol. The van der Waals surface area contributed by atoms with Crippen LogP contribution in [0, 0.1) is 5.92 Å². The minimum atomic E-state index is -0.853. The van der Waals surface area contributed by atoms with Crippen LogP contribution in [0.1, 0.15) is 44.6 Å². The summed E-state index contributed by atoms with van der Waals surface area (Å²) in [5.41, 5.74) is 0.825. The first-order chi connectivity index (χ1) is 14.0. The zero-order chi connectivity index (χ0) is 21.1. The van der Waals surface area contributed by atoms with Crippen molar-refractivity contribution in [3.63, 3.8) is 0 Å². The number of rotatable bonds is 9. The third-order valence-electron chi connectivity index (χ3n) is 4.91. The Hall–Kier alpha value is -2.83. The molecule has 2 rings (SSSR count). The fourth-order valence-corrected chi connectivity index (χ4v) is 3.17. The topological polar surface area (TPSA) is 93.7 Å². The third kappa shape index (κ3) is 8.37. The van der Waals surface area contributed by atoms with E-state index in [9.17, 15) is 14.4 Å². The zero-order valence-electron chi connectivity index (χ0n) is 17.1. The Labute approximate surface area is 171 Å². The Morgan fingerprint density at radius 3 is 2.48 bits per heavy atom. The van der Waals surface area contributed by atoms with Gasteiger partial charge in [0.15, 0.2) is 6.61 Å². The molecule has 158 valence electrons. The molecule has 0 spiro atoms. The van der Waals surface area contributed by atoms with Gasteiger partial charge in [-0.2, -0.15) is 0 Å². The Balaban J connectivity index is 1.66. The van der Waals surface area contributed by atoms with Crippen LogP contribution >= 0.6 is 0 Å². The molecular formula is C22H30N2O5. The minimum Gasteiger partial charge on any atom is -0.497 e. The van der Waals surface area contributed by atoms with E-state index in [-0.39, 0.29) is 12.5 Å². The second-order valence-electron chi connectivity index (χ2n) is 7.25. The van der Waals surface area contributed by atoms with E-state index in [0.717, 1.165) is 24.2 Å². The van der Waals surface area contributed by atoms with Crippen molar-refractivity contribution in [2.75, 3.05) is 20.3 Å². The largest absolute Gasteiger partial charge is 0.497 e. The summed E-state index contributed by atoms with van der Waals surface area (Å²) in [6.45, 7) is 1.80. The van der Waals surface area contributed by atoms with Crippen LogP contribution in [0.5, 0.6) is 5.75 Å². The predicted octanol–water partition coefficient (Wildman–Crippen LogP) is 2.45. The van der Waals surface area contributed by atoms with Gasteiger partial charge in [0.05, 0.1) is 7.11 Å². The summed E-state index contributed by atoms with van der Waals surface area (Å²) in [6, 6.07) is 6.35. The van der Waals surface area contributed by atoms with Crippen LogP contribution in [0.3, 0.4) is 0 Å². The van der Waals surface area contributed by atoms with Crippen molar-refractivity contribution in [1.82, 2.24) is 10.6 Å². The third-order valence-corrected chi connectivity index (χ3v) is 4.91. The Kier molecular flexibility index (Phi) is 9.21. The summed E-state index contributed by atoms with van der Waals surface area (Å²) in [4.78, 5) is 35.8. The van der Waals surface area contributed by atoms with Crippen LogP contribution < -0.4 is 15.4 Å². The van der Waals surface area contributed by atoms with Gasteiger partial charge in [0.25, 0.3) is 5.91 Å². The highest BCUT2D eigenvalue weighted by molar-refractivity contribution is 5.94. The number of hydrogen-bond acceptors (Lipinski definition) is 5. The van der Waals surface area contributed by atoms with Crippen molar-refractivity contribution in [3.8, 4) is 5.75 Å². The molecule has 1 saturated carbocycles. The highest BCUT2D eigenvalue weighted by Gasteiger charge is 2.18. The molecule has 7 heteroatoms. The van der Waals surface area contributed by atoms with Crippen molar-refractivity contribution >= 4 is 23.9 Å². The Morgan fingerprint density at radius 2 is 1.83 bits per heavy atom. The van der Waals surface area contributed by atoms with Crippen LogP contribution in [0.2, 0.25) is 0 Å². The molecule has 1 aliphatic rings. The minimum absolute atomic E-state index is 0.318. The molecule has 1 atom stereocenters. The van der Waals surface area contributed by atoms with Crippen molar-refractivity contribution in [1.29, 1.82) is 0 Å². The van der Waals surface area contributed by atoms with Gasteiger partial charge in [-0.25, -0.2) is 4.79 Å². The fraction of sp³-hybridized carbons (Fsp3) is 0.500. The standard InChI is InChI=1S/C22H30N2O5/c1-16(24-20(25)13-10-17-8-11-19(28-2)12-9-17)22(27)29-15-21(26)23-14-18-6-4-3-5-7-18/h8-13,16,18H,3-7,14-15H2,1-2H3,(H,23,26)(H,24,25)/b13-10+/t16-/m0/s1. The molecule has 0 aromatic heterocycles. The molecule has 0 unspecified atom stereocenters. The molecule has 1 aromatic carbocycles. The lowest BCUT2D eigenvalue weighted by molar-refractivity contribution is -0.151. The first-order valence-corrected chi connectivity index (χ1v) is 10.0.